The van der Waals surface area contributed by atoms with Gasteiger partial charge in [-0.05, 0) is 17.2 Å². The normalized spacial score (nSPS) is 12.8. The second-order valence-corrected chi connectivity index (χ2v) is 4.63. The SMILES string of the molecule is COC(=O)/C(=C/c1ccccc1)C(C)c1ccccc1. The van der Waals surface area contributed by atoms with Gasteiger partial charge in [0, 0.05) is 11.5 Å². The van der Waals surface area contributed by atoms with E-state index in [1.165, 1.54) is 7.11 Å². The number of hydrogen-bond donors (Lipinski definition) is 0. The average Bonchev–Trinajstić information content (AvgIpc) is 2.53. The maximum Gasteiger partial charge on any atom is 0.334 e. The van der Waals surface area contributed by atoms with E-state index < -0.39 is 0 Å². The quantitative estimate of drug-likeness (QED) is 0.616. The Bertz CT molecular complexity index is 585. The summed E-state index contributed by atoms with van der Waals surface area (Å²) in [5.41, 5.74) is 2.75. The number of ether oxygens (including phenoxy) is 1. The van der Waals surface area contributed by atoms with E-state index >= 15 is 0 Å². The summed E-state index contributed by atoms with van der Waals surface area (Å²) >= 11 is 0. The van der Waals surface area contributed by atoms with Crippen molar-refractivity contribution in [1.82, 2.24) is 0 Å². The van der Waals surface area contributed by atoms with Crippen LogP contribution in [0.1, 0.15) is 24.0 Å². The highest BCUT2D eigenvalue weighted by molar-refractivity contribution is 5.95. The van der Waals surface area contributed by atoms with E-state index in [1.54, 1.807) is 0 Å². The Morgan fingerprint density at radius 1 is 1.00 bits per heavy atom. The molecule has 2 nitrogen and oxygen atoms in total. The first-order valence-electron chi connectivity index (χ1n) is 6.62. The number of carbonyl (C=O) groups excluding carboxylic acids is 1. The molecule has 0 aliphatic carbocycles. The van der Waals surface area contributed by atoms with Gasteiger partial charge in [0.2, 0.25) is 0 Å². The Morgan fingerprint density at radius 2 is 1.55 bits per heavy atom. The molecule has 0 saturated carbocycles. The van der Waals surface area contributed by atoms with E-state index in [0.717, 1.165) is 11.1 Å². The zero-order chi connectivity index (χ0) is 14.4. The molecular formula is C18H18O2. The van der Waals surface area contributed by atoms with Crippen LogP contribution >= 0.6 is 0 Å². The molecule has 0 aliphatic rings. The molecule has 0 aliphatic heterocycles. The summed E-state index contributed by atoms with van der Waals surface area (Å²) in [7, 11) is 1.42. The molecule has 0 fully saturated rings. The molecule has 0 N–H and O–H groups in total. The van der Waals surface area contributed by atoms with Gasteiger partial charge in [-0.1, -0.05) is 67.6 Å². The first-order valence-corrected chi connectivity index (χ1v) is 6.62. The monoisotopic (exact) mass is 266 g/mol. The minimum absolute atomic E-state index is 0.0103. The van der Waals surface area contributed by atoms with Gasteiger partial charge in [0.15, 0.2) is 0 Å². The molecule has 0 radical (unpaired) electrons. The highest BCUT2D eigenvalue weighted by Gasteiger charge is 2.19. The number of rotatable bonds is 4. The molecule has 102 valence electrons. The Labute approximate surface area is 119 Å². The summed E-state index contributed by atoms with van der Waals surface area (Å²) in [6.45, 7) is 2.01. The average molecular weight is 266 g/mol. The third-order valence-electron chi connectivity index (χ3n) is 3.31. The fraction of sp³-hybridized carbons (Fsp3) is 0.167. The summed E-state index contributed by atoms with van der Waals surface area (Å²) < 4.78 is 4.92. The third-order valence-corrected chi connectivity index (χ3v) is 3.31. The fourth-order valence-corrected chi connectivity index (χ4v) is 2.13. The molecular weight excluding hydrogens is 248 g/mol. The molecule has 0 spiro atoms. The van der Waals surface area contributed by atoms with E-state index in [1.807, 2.05) is 73.7 Å². The smallest absolute Gasteiger partial charge is 0.334 e. The number of carbonyl (C=O) groups is 1. The molecule has 0 amide bonds. The molecule has 0 aromatic heterocycles. The molecule has 0 heterocycles. The highest BCUT2D eigenvalue weighted by atomic mass is 16.5. The Kier molecular flexibility index (Phi) is 4.72. The van der Waals surface area contributed by atoms with Crippen molar-refractivity contribution in [3.8, 4) is 0 Å². The van der Waals surface area contributed by atoms with Gasteiger partial charge in [0.25, 0.3) is 0 Å². The first-order chi connectivity index (χ1) is 9.72. The van der Waals surface area contributed by atoms with Crippen LogP contribution in [0.3, 0.4) is 0 Å². The minimum Gasteiger partial charge on any atom is -0.466 e. The van der Waals surface area contributed by atoms with Gasteiger partial charge >= 0.3 is 5.97 Å². The van der Waals surface area contributed by atoms with Gasteiger partial charge in [-0.2, -0.15) is 0 Å². The third kappa shape index (κ3) is 3.35. The van der Waals surface area contributed by atoms with Crippen molar-refractivity contribution in [2.45, 2.75) is 12.8 Å². The van der Waals surface area contributed by atoms with E-state index in [2.05, 4.69) is 0 Å². The number of benzene rings is 2. The van der Waals surface area contributed by atoms with Crippen LogP contribution in [0.5, 0.6) is 0 Å². The lowest BCUT2D eigenvalue weighted by Gasteiger charge is -2.15. The predicted octanol–water partition coefficient (Wildman–Crippen LogP) is 4.05. The van der Waals surface area contributed by atoms with Gasteiger partial charge in [-0.25, -0.2) is 4.79 Å². The standard InChI is InChI=1S/C18H18O2/c1-14(16-11-7-4-8-12-16)17(18(19)20-2)13-15-9-5-3-6-10-15/h3-14H,1-2H3/b17-13+. The Hall–Kier alpha value is -2.35. The van der Waals surface area contributed by atoms with E-state index in [4.69, 9.17) is 4.74 Å². The van der Waals surface area contributed by atoms with Crippen molar-refractivity contribution in [1.29, 1.82) is 0 Å². The highest BCUT2D eigenvalue weighted by Crippen LogP contribution is 2.26. The van der Waals surface area contributed by atoms with Gasteiger partial charge in [0.1, 0.15) is 0 Å². The molecule has 20 heavy (non-hydrogen) atoms. The summed E-state index contributed by atoms with van der Waals surface area (Å²) in [5, 5.41) is 0. The molecule has 1 unspecified atom stereocenters. The van der Waals surface area contributed by atoms with Crippen LogP contribution in [-0.4, -0.2) is 13.1 Å². The maximum absolute atomic E-state index is 12.0. The fourth-order valence-electron chi connectivity index (χ4n) is 2.13. The van der Waals surface area contributed by atoms with Crippen LogP contribution in [0.2, 0.25) is 0 Å². The number of esters is 1. The van der Waals surface area contributed by atoms with Gasteiger partial charge in [-0.3, -0.25) is 0 Å². The lowest BCUT2D eigenvalue weighted by Crippen LogP contribution is -2.11. The predicted molar refractivity (Wildman–Crippen MR) is 81.3 cm³/mol. The lowest BCUT2D eigenvalue weighted by atomic mass is 9.91. The molecule has 2 aromatic carbocycles. The topological polar surface area (TPSA) is 26.3 Å². The zero-order valence-corrected chi connectivity index (χ0v) is 11.7. The summed E-state index contributed by atoms with van der Waals surface area (Å²) in [4.78, 5) is 12.0. The van der Waals surface area contributed by atoms with E-state index in [0.29, 0.717) is 5.57 Å². The number of hydrogen-bond acceptors (Lipinski definition) is 2. The largest absolute Gasteiger partial charge is 0.466 e. The lowest BCUT2D eigenvalue weighted by molar-refractivity contribution is -0.136. The second kappa shape index (κ2) is 6.71. The van der Waals surface area contributed by atoms with Gasteiger partial charge < -0.3 is 4.74 Å². The molecule has 1 atom stereocenters. The van der Waals surface area contributed by atoms with Crippen LogP contribution in [0.15, 0.2) is 66.2 Å². The van der Waals surface area contributed by atoms with Crippen LogP contribution in [0.4, 0.5) is 0 Å². The molecule has 0 saturated heterocycles. The Balaban J connectivity index is 2.38. The Morgan fingerprint density at radius 3 is 2.10 bits per heavy atom. The van der Waals surface area contributed by atoms with Crippen molar-refractivity contribution >= 4 is 12.0 Å². The van der Waals surface area contributed by atoms with Crippen LogP contribution in [0, 0.1) is 0 Å². The molecule has 2 heteroatoms. The van der Waals surface area contributed by atoms with Crippen molar-refractivity contribution in [2.75, 3.05) is 7.11 Å². The molecule has 2 aromatic rings. The zero-order valence-electron chi connectivity index (χ0n) is 11.7. The number of methoxy groups -OCH3 is 1. The minimum atomic E-state index is -0.287. The first kappa shape index (κ1) is 14.1. The second-order valence-electron chi connectivity index (χ2n) is 4.63. The maximum atomic E-state index is 12.0. The molecule has 0 bridgehead atoms. The van der Waals surface area contributed by atoms with Gasteiger partial charge in [0.05, 0.1) is 7.11 Å². The van der Waals surface area contributed by atoms with Crippen LogP contribution in [-0.2, 0) is 9.53 Å². The summed E-state index contributed by atoms with van der Waals surface area (Å²) in [5.74, 6) is -0.297. The van der Waals surface area contributed by atoms with E-state index in [9.17, 15) is 4.79 Å². The van der Waals surface area contributed by atoms with Gasteiger partial charge in [-0.15, -0.1) is 0 Å². The van der Waals surface area contributed by atoms with Crippen molar-refractivity contribution < 1.29 is 9.53 Å². The summed E-state index contributed by atoms with van der Waals surface area (Å²) in [6, 6.07) is 19.8. The summed E-state index contributed by atoms with van der Waals surface area (Å²) in [6.07, 6.45) is 1.89. The van der Waals surface area contributed by atoms with E-state index in [-0.39, 0.29) is 11.9 Å². The van der Waals surface area contributed by atoms with Crippen LogP contribution in [0.25, 0.3) is 6.08 Å². The molecule has 2 rings (SSSR count). The van der Waals surface area contributed by atoms with Crippen molar-refractivity contribution in [2.24, 2.45) is 0 Å². The van der Waals surface area contributed by atoms with Crippen molar-refractivity contribution in [3.05, 3.63) is 77.4 Å². The van der Waals surface area contributed by atoms with Crippen LogP contribution < -0.4 is 0 Å². The van der Waals surface area contributed by atoms with Crippen molar-refractivity contribution in [3.63, 3.8) is 0 Å².